The van der Waals surface area contributed by atoms with Crippen molar-refractivity contribution in [3.8, 4) is 5.69 Å². The molecule has 0 saturated heterocycles. The Labute approximate surface area is 137 Å². The smallest absolute Gasteiger partial charge is 0.254 e. The van der Waals surface area contributed by atoms with E-state index in [-0.39, 0.29) is 11.7 Å². The van der Waals surface area contributed by atoms with Gasteiger partial charge in [0.2, 0.25) is 0 Å². The van der Waals surface area contributed by atoms with Crippen molar-refractivity contribution in [1.82, 2.24) is 15.1 Å². The number of benzene rings is 2. The second-order valence-electron chi connectivity index (χ2n) is 4.96. The van der Waals surface area contributed by atoms with E-state index in [9.17, 15) is 9.18 Å². The van der Waals surface area contributed by atoms with E-state index in [4.69, 9.17) is 11.6 Å². The van der Waals surface area contributed by atoms with Crippen LogP contribution >= 0.6 is 11.6 Å². The molecule has 0 aliphatic rings. The summed E-state index contributed by atoms with van der Waals surface area (Å²) in [6.07, 6.45) is 3.07. The molecule has 0 fully saturated rings. The van der Waals surface area contributed by atoms with Gasteiger partial charge in [0.25, 0.3) is 5.91 Å². The summed E-state index contributed by atoms with van der Waals surface area (Å²) in [5.41, 5.74) is 2.02. The van der Waals surface area contributed by atoms with Gasteiger partial charge in [0.1, 0.15) is 5.82 Å². The molecule has 1 amide bonds. The molecule has 0 radical (unpaired) electrons. The van der Waals surface area contributed by atoms with Crippen LogP contribution in [0, 0.1) is 5.82 Å². The Hall–Kier alpha value is -2.66. The second-order valence-corrected chi connectivity index (χ2v) is 5.40. The predicted octanol–water partition coefficient (Wildman–Crippen LogP) is 3.59. The van der Waals surface area contributed by atoms with Crippen LogP contribution in [0.2, 0.25) is 5.02 Å². The van der Waals surface area contributed by atoms with Crippen molar-refractivity contribution >= 4 is 17.5 Å². The van der Waals surface area contributed by atoms with Crippen molar-refractivity contribution in [1.29, 1.82) is 0 Å². The molecule has 3 rings (SSSR count). The lowest BCUT2D eigenvalue weighted by molar-refractivity contribution is 0.0951. The number of amides is 1. The summed E-state index contributed by atoms with van der Waals surface area (Å²) in [6.45, 7) is 0.376. The summed E-state index contributed by atoms with van der Waals surface area (Å²) in [4.78, 5) is 12.1. The molecule has 0 unspecified atom stereocenters. The molecule has 1 heterocycles. The largest absolute Gasteiger partial charge is 0.348 e. The van der Waals surface area contributed by atoms with Gasteiger partial charge in [-0.2, -0.15) is 5.10 Å². The predicted molar refractivity (Wildman–Crippen MR) is 86.1 cm³/mol. The number of carbonyl (C=O) groups excluding carboxylic acids is 1. The molecule has 3 aromatic rings. The number of nitrogens with zero attached hydrogens (tertiary/aromatic N) is 2. The molecule has 116 valence electrons. The third-order valence-corrected chi connectivity index (χ3v) is 3.51. The van der Waals surface area contributed by atoms with Gasteiger partial charge in [-0.15, -0.1) is 0 Å². The van der Waals surface area contributed by atoms with Crippen LogP contribution in [-0.4, -0.2) is 15.7 Å². The topological polar surface area (TPSA) is 46.9 Å². The summed E-state index contributed by atoms with van der Waals surface area (Å²) in [7, 11) is 0. The van der Waals surface area contributed by atoms with Crippen LogP contribution in [0.15, 0.2) is 60.9 Å². The molecule has 2 aromatic carbocycles. The lowest BCUT2D eigenvalue weighted by Crippen LogP contribution is -2.22. The summed E-state index contributed by atoms with van der Waals surface area (Å²) >= 11 is 5.91. The van der Waals surface area contributed by atoms with Crippen molar-refractivity contribution < 1.29 is 9.18 Å². The van der Waals surface area contributed by atoms with Crippen molar-refractivity contribution in [2.45, 2.75) is 6.54 Å². The van der Waals surface area contributed by atoms with Crippen LogP contribution in [-0.2, 0) is 6.54 Å². The van der Waals surface area contributed by atoms with Gasteiger partial charge in [-0.25, -0.2) is 9.07 Å². The van der Waals surface area contributed by atoms with Gasteiger partial charge >= 0.3 is 0 Å². The molecule has 4 nitrogen and oxygen atoms in total. The zero-order valence-electron chi connectivity index (χ0n) is 12.0. The van der Waals surface area contributed by atoms with E-state index >= 15 is 0 Å². The van der Waals surface area contributed by atoms with E-state index < -0.39 is 0 Å². The number of aromatic nitrogens is 2. The monoisotopic (exact) mass is 329 g/mol. The maximum Gasteiger partial charge on any atom is 0.254 e. The minimum atomic E-state index is -0.319. The maximum absolute atomic E-state index is 12.9. The van der Waals surface area contributed by atoms with Crippen LogP contribution in [0.4, 0.5) is 4.39 Å². The molecule has 1 aromatic heterocycles. The summed E-state index contributed by atoms with van der Waals surface area (Å²) < 4.78 is 14.4. The van der Waals surface area contributed by atoms with E-state index in [0.29, 0.717) is 22.8 Å². The molecule has 23 heavy (non-hydrogen) atoms. The van der Waals surface area contributed by atoms with Gasteiger partial charge in [0, 0.05) is 17.8 Å². The normalized spacial score (nSPS) is 10.5. The fourth-order valence-electron chi connectivity index (χ4n) is 2.11. The first-order valence-corrected chi connectivity index (χ1v) is 7.33. The Morgan fingerprint density at radius 2 is 2.00 bits per heavy atom. The molecule has 1 N–H and O–H groups in total. The first kappa shape index (κ1) is 15.2. The Morgan fingerprint density at radius 1 is 1.22 bits per heavy atom. The standard InChI is InChI=1S/C17H13ClFN3O/c18-14-3-1-2-12(8-14)9-20-17(23)13-10-21-22(11-13)16-6-4-15(19)5-7-16/h1-8,10-11H,9H2,(H,20,23). The van der Waals surface area contributed by atoms with Crippen LogP contribution < -0.4 is 5.32 Å². The Morgan fingerprint density at radius 3 is 2.74 bits per heavy atom. The summed E-state index contributed by atoms with van der Waals surface area (Å²) in [6, 6.07) is 13.2. The number of hydrogen-bond acceptors (Lipinski definition) is 2. The Bertz CT molecular complexity index is 830. The van der Waals surface area contributed by atoms with Crippen LogP contribution in [0.25, 0.3) is 5.69 Å². The number of nitrogens with one attached hydrogen (secondary N) is 1. The number of rotatable bonds is 4. The molecule has 0 saturated carbocycles. The number of halogens is 2. The first-order chi connectivity index (χ1) is 11.1. The highest BCUT2D eigenvalue weighted by molar-refractivity contribution is 6.30. The van der Waals surface area contributed by atoms with Gasteiger partial charge in [0.15, 0.2) is 0 Å². The second kappa shape index (κ2) is 6.62. The lowest BCUT2D eigenvalue weighted by Gasteiger charge is -2.04. The molecule has 0 bridgehead atoms. The highest BCUT2D eigenvalue weighted by Gasteiger charge is 2.09. The average molecular weight is 330 g/mol. The molecule has 0 aliphatic carbocycles. The molecular weight excluding hydrogens is 317 g/mol. The van der Waals surface area contributed by atoms with Crippen molar-refractivity contribution in [3.05, 3.63) is 82.9 Å². The molecule has 6 heteroatoms. The molecule has 0 atom stereocenters. The highest BCUT2D eigenvalue weighted by atomic mass is 35.5. The van der Waals surface area contributed by atoms with E-state index in [0.717, 1.165) is 5.56 Å². The SMILES string of the molecule is O=C(NCc1cccc(Cl)c1)c1cnn(-c2ccc(F)cc2)c1. The highest BCUT2D eigenvalue weighted by Crippen LogP contribution is 2.12. The number of carbonyl (C=O) groups is 1. The fourth-order valence-corrected chi connectivity index (χ4v) is 2.32. The van der Waals surface area contributed by atoms with Crippen molar-refractivity contribution in [2.24, 2.45) is 0 Å². The fraction of sp³-hybridized carbons (Fsp3) is 0.0588. The van der Waals surface area contributed by atoms with Gasteiger partial charge in [-0.3, -0.25) is 4.79 Å². The lowest BCUT2D eigenvalue weighted by atomic mass is 10.2. The van der Waals surface area contributed by atoms with Crippen molar-refractivity contribution in [2.75, 3.05) is 0 Å². The summed E-state index contributed by atoms with van der Waals surface area (Å²) in [5, 5.41) is 7.55. The van der Waals surface area contributed by atoms with E-state index in [2.05, 4.69) is 10.4 Å². The van der Waals surface area contributed by atoms with Crippen LogP contribution in [0.1, 0.15) is 15.9 Å². The van der Waals surface area contributed by atoms with Crippen LogP contribution in [0.3, 0.4) is 0 Å². The Balaban J connectivity index is 1.67. The zero-order chi connectivity index (χ0) is 16.2. The van der Waals surface area contributed by atoms with E-state index in [1.807, 2.05) is 12.1 Å². The van der Waals surface area contributed by atoms with Gasteiger partial charge in [-0.05, 0) is 42.0 Å². The van der Waals surface area contributed by atoms with Gasteiger partial charge in [0.05, 0.1) is 17.4 Å². The molecule has 0 aliphatic heterocycles. The third kappa shape index (κ3) is 3.76. The van der Waals surface area contributed by atoms with E-state index in [1.165, 1.54) is 23.0 Å². The first-order valence-electron chi connectivity index (χ1n) is 6.95. The maximum atomic E-state index is 12.9. The molecule has 0 spiro atoms. The quantitative estimate of drug-likeness (QED) is 0.795. The van der Waals surface area contributed by atoms with E-state index in [1.54, 1.807) is 30.5 Å². The average Bonchev–Trinajstić information content (AvgIpc) is 3.03. The minimum absolute atomic E-state index is 0.238. The Kier molecular flexibility index (Phi) is 4.39. The zero-order valence-corrected chi connectivity index (χ0v) is 12.8. The third-order valence-electron chi connectivity index (χ3n) is 3.28. The van der Waals surface area contributed by atoms with Gasteiger partial charge in [-0.1, -0.05) is 23.7 Å². The van der Waals surface area contributed by atoms with Gasteiger partial charge < -0.3 is 5.32 Å². The molecular formula is C17H13ClFN3O. The number of hydrogen-bond donors (Lipinski definition) is 1. The van der Waals surface area contributed by atoms with Crippen LogP contribution in [0.5, 0.6) is 0 Å². The minimum Gasteiger partial charge on any atom is -0.348 e. The van der Waals surface area contributed by atoms with Crippen molar-refractivity contribution in [3.63, 3.8) is 0 Å². The summed E-state index contributed by atoms with van der Waals surface area (Å²) in [5.74, 6) is -0.557.